The zero-order chi connectivity index (χ0) is 16.9. The molecule has 0 aromatic rings. The number of aliphatic hydroxyl groups excluding tert-OH is 2. The van der Waals surface area contributed by atoms with E-state index in [1.807, 2.05) is 0 Å². The molecule has 3 fully saturated rings. The van der Waals surface area contributed by atoms with Crippen LogP contribution in [0, 0.1) is 0 Å². The van der Waals surface area contributed by atoms with Crippen molar-refractivity contribution in [2.45, 2.75) is 68.0 Å². The third kappa shape index (κ3) is 3.55. The molecular weight excluding hydrogens is 379 g/mol. The summed E-state index contributed by atoms with van der Waals surface area (Å²) in [5.41, 5.74) is 0. The number of aliphatic hydroxyl groups is 3. The van der Waals surface area contributed by atoms with Gasteiger partial charge in [-0.25, -0.2) is 0 Å². The van der Waals surface area contributed by atoms with Crippen molar-refractivity contribution in [1.82, 2.24) is 10.6 Å². The Bertz CT molecular complexity index is 488. The largest absolute Gasteiger partial charge is 0.390 e. The molecule has 1 saturated carbocycles. The second-order valence-electron chi connectivity index (χ2n) is 6.40. The van der Waals surface area contributed by atoms with E-state index < -0.39 is 60.5 Å². The molecule has 5 N–H and O–H groups in total. The molecule has 11 heteroatoms. The number of nitrogens with one attached hydrogen (secondary N) is 2. The molecule has 0 radical (unpaired) electrons. The van der Waals surface area contributed by atoms with Crippen LogP contribution in [0.3, 0.4) is 0 Å². The first kappa shape index (κ1) is 23.0. The fraction of sp³-hybridized carbons (Fsp3) is 0.929. The number of hydrogen-bond acceptors (Lipinski definition) is 9. The summed E-state index contributed by atoms with van der Waals surface area (Å²) in [6.07, 6.45) is -5.58. The number of Topliss-reactive ketones (excluding diaryl/α,β-unsaturated/α-hetero) is 1. The van der Waals surface area contributed by atoms with Crippen molar-refractivity contribution in [3.8, 4) is 0 Å². The fourth-order valence-electron chi connectivity index (χ4n) is 3.68. The van der Waals surface area contributed by atoms with E-state index in [2.05, 4.69) is 10.6 Å². The van der Waals surface area contributed by atoms with E-state index in [9.17, 15) is 20.1 Å². The maximum atomic E-state index is 12.2. The highest BCUT2D eigenvalue weighted by Crippen LogP contribution is 2.40. The van der Waals surface area contributed by atoms with Crippen molar-refractivity contribution < 1.29 is 34.3 Å². The predicted molar refractivity (Wildman–Crippen MR) is 90.9 cm³/mol. The lowest BCUT2D eigenvalue weighted by molar-refractivity contribution is -0.420. The standard InChI is InChI=1S/C14H24N2O7.2ClH/c1-5-4-6(17)14(20)13(21-5)22-12-10(19)7(15-2)9(18)8(16-3)11(12)23-14;;/h5,7-13,15-16,18-20H,4H2,1-3H3;2*1H/t5?,7?,8?,9?,10?,11?,12?,13?,14-;;/m0../s1. The first-order chi connectivity index (χ1) is 10.8. The van der Waals surface area contributed by atoms with Crippen LogP contribution in [0.4, 0.5) is 0 Å². The van der Waals surface area contributed by atoms with Gasteiger partial charge in [-0.2, -0.15) is 0 Å². The zero-order valence-electron chi connectivity index (χ0n) is 14.1. The quantitative estimate of drug-likeness (QED) is 0.351. The number of ketones is 1. The van der Waals surface area contributed by atoms with Gasteiger partial charge in [0.05, 0.1) is 24.3 Å². The van der Waals surface area contributed by atoms with Gasteiger partial charge in [-0.1, -0.05) is 0 Å². The Hall–Kier alpha value is -0.0700. The lowest BCUT2D eigenvalue weighted by Gasteiger charge is -2.55. The fourth-order valence-corrected chi connectivity index (χ4v) is 3.68. The second kappa shape index (κ2) is 8.30. The zero-order valence-corrected chi connectivity index (χ0v) is 15.8. The van der Waals surface area contributed by atoms with Crippen molar-refractivity contribution >= 4 is 30.6 Å². The van der Waals surface area contributed by atoms with Gasteiger partial charge in [0.15, 0.2) is 5.78 Å². The number of likely N-dealkylation sites (N-methyl/N-ethyl adjacent to an activating group) is 2. The van der Waals surface area contributed by atoms with Gasteiger partial charge < -0.3 is 40.2 Å². The van der Waals surface area contributed by atoms with Crippen molar-refractivity contribution in [3.63, 3.8) is 0 Å². The first-order valence-corrected chi connectivity index (χ1v) is 7.78. The van der Waals surface area contributed by atoms with E-state index in [4.69, 9.17) is 14.2 Å². The SMILES string of the molecule is CNC1C(O)C(NC)C2O[C@@]3(O)C(=O)CC(C)OC3OC2C1O.Cl.Cl. The number of carbonyl (C=O) groups is 1. The molecule has 0 aromatic carbocycles. The van der Waals surface area contributed by atoms with Crippen LogP contribution >= 0.6 is 24.8 Å². The molecule has 2 saturated heterocycles. The number of fused-ring (bicyclic) bond motifs is 2. The first-order valence-electron chi connectivity index (χ1n) is 7.78. The predicted octanol–water partition coefficient (Wildman–Crippen LogP) is -2.08. The third-order valence-electron chi connectivity index (χ3n) is 4.93. The molecule has 8 unspecified atom stereocenters. The molecule has 0 amide bonds. The monoisotopic (exact) mass is 404 g/mol. The Morgan fingerprint density at radius 2 is 1.64 bits per heavy atom. The van der Waals surface area contributed by atoms with Gasteiger partial charge in [0.2, 0.25) is 6.29 Å². The average Bonchev–Trinajstić information content (AvgIpc) is 2.49. The highest BCUT2D eigenvalue weighted by molar-refractivity contribution is 5.87. The maximum absolute atomic E-state index is 12.2. The molecule has 1 aliphatic carbocycles. The lowest BCUT2D eigenvalue weighted by Crippen LogP contribution is -2.77. The molecule has 2 aliphatic heterocycles. The van der Waals surface area contributed by atoms with Crippen LogP contribution in [-0.4, -0.2) is 89.9 Å². The Labute approximate surface area is 158 Å². The van der Waals surface area contributed by atoms with Crippen molar-refractivity contribution in [2.24, 2.45) is 0 Å². The van der Waals surface area contributed by atoms with Gasteiger partial charge in [0.25, 0.3) is 5.79 Å². The molecular formula is C14H26Cl2N2O7. The summed E-state index contributed by atoms with van der Waals surface area (Å²) in [5.74, 6) is -2.76. The summed E-state index contributed by atoms with van der Waals surface area (Å²) < 4.78 is 16.8. The Morgan fingerprint density at radius 3 is 2.20 bits per heavy atom. The number of hydrogen-bond donors (Lipinski definition) is 5. The second-order valence-corrected chi connectivity index (χ2v) is 6.40. The average molecular weight is 405 g/mol. The minimum atomic E-state index is -2.23. The Balaban J connectivity index is 0.00000156. The van der Waals surface area contributed by atoms with Gasteiger partial charge in [-0.05, 0) is 21.0 Å². The van der Waals surface area contributed by atoms with Gasteiger partial charge in [0, 0.05) is 6.42 Å². The summed E-state index contributed by atoms with van der Waals surface area (Å²) >= 11 is 0. The van der Waals surface area contributed by atoms with Crippen molar-refractivity contribution in [3.05, 3.63) is 0 Å². The van der Waals surface area contributed by atoms with Crippen LogP contribution in [0.15, 0.2) is 0 Å². The minimum absolute atomic E-state index is 0. The number of carbonyl (C=O) groups excluding carboxylic acids is 1. The Kier molecular flexibility index (Phi) is 7.63. The number of ether oxygens (including phenoxy) is 3. The lowest BCUT2D eigenvalue weighted by atomic mass is 9.80. The molecule has 3 rings (SSSR count). The van der Waals surface area contributed by atoms with Crippen molar-refractivity contribution in [2.75, 3.05) is 14.1 Å². The van der Waals surface area contributed by atoms with E-state index in [0.29, 0.717) is 0 Å². The van der Waals surface area contributed by atoms with Crippen LogP contribution in [0.25, 0.3) is 0 Å². The van der Waals surface area contributed by atoms with Crippen LogP contribution < -0.4 is 10.6 Å². The molecule has 2 heterocycles. The van der Waals surface area contributed by atoms with Gasteiger partial charge in [-0.3, -0.25) is 4.79 Å². The van der Waals surface area contributed by atoms with Gasteiger partial charge >= 0.3 is 0 Å². The van der Waals surface area contributed by atoms with Crippen LogP contribution in [-0.2, 0) is 19.0 Å². The smallest absolute Gasteiger partial charge is 0.280 e. The molecule has 0 spiro atoms. The van der Waals surface area contributed by atoms with Gasteiger partial charge in [0.1, 0.15) is 18.3 Å². The molecule has 9 atom stereocenters. The normalized spacial score (nSPS) is 49.3. The van der Waals surface area contributed by atoms with Crippen molar-refractivity contribution in [1.29, 1.82) is 0 Å². The van der Waals surface area contributed by atoms with E-state index in [-0.39, 0.29) is 31.2 Å². The summed E-state index contributed by atoms with van der Waals surface area (Å²) in [7, 11) is 3.24. The molecule has 25 heavy (non-hydrogen) atoms. The van der Waals surface area contributed by atoms with Crippen LogP contribution in [0.2, 0.25) is 0 Å². The molecule has 148 valence electrons. The van der Waals surface area contributed by atoms with Crippen LogP contribution in [0.1, 0.15) is 13.3 Å². The summed E-state index contributed by atoms with van der Waals surface area (Å²) in [6.45, 7) is 1.70. The molecule has 9 nitrogen and oxygen atoms in total. The number of rotatable bonds is 2. The third-order valence-corrected chi connectivity index (χ3v) is 4.93. The topological polar surface area (TPSA) is 130 Å². The molecule has 3 aliphatic rings. The van der Waals surface area contributed by atoms with Gasteiger partial charge in [-0.15, -0.1) is 24.8 Å². The molecule has 0 aromatic heterocycles. The van der Waals surface area contributed by atoms with E-state index in [1.54, 1.807) is 21.0 Å². The van der Waals surface area contributed by atoms with E-state index in [0.717, 1.165) is 0 Å². The number of halogens is 2. The maximum Gasteiger partial charge on any atom is 0.280 e. The highest BCUT2D eigenvalue weighted by atomic mass is 35.5. The van der Waals surface area contributed by atoms with Crippen LogP contribution in [0.5, 0.6) is 0 Å². The van der Waals surface area contributed by atoms with E-state index >= 15 is 0 Å². The molecule has 0 bridgehead atoms. The summed E-state index contributed by atoms with van der Waals surface area (Å²) in [4.78, 5) is 12.2. The summed E-state index contributed by atoms with van der Waals surface area (Å²) in [5, 5.41) is 37.2. The van der Waals surface area contributed by atoms with E-state index in [1.165, 1.54) is 0 Å². The Morgan fingerprint density at radius 1 is 1.04 bits per heavy atom. The minimum Gasteiger partial charge on any atom is -0.390 e. The highest BCUT2D eigenvalue weighted by Gasteiger charge is 2.63. The summed E-state index contributed by atoms with van der Waals surface area (Å²) in [6, 6.07) is -1.29.